The fraction of sp³-hybridized carbons (Fsp3) is 0.509. The maximum atomic E-state index is 14.2. The predicted molar refractivity (Wildman–Crippen MR) is 272 cm³/mol. The van der Waals surface area contributed by atoms with Gasteiger partial charge in [0.15, 0.2) is 0 Å². The normalized spacial score (nSPS) is 20.4. The topological polar surface area (TPSA) is 221 Å². The van der Waals surface area contributed by atoms with Crippen molar-refractivity contribution in [3.63, 3.8) is 0 Å². The molecule has 4 N–H and O–H groups in total. The summed E-state index contributed by atoms with van der Waals surface area (Å²) in [5.41, 5.74) is 0.579. The molecule has 5 unspecified atom stereocenters. The summed E-state index contributed by atoms with van der Waals surface area (Å²) in [6.45, 7) is 17.1. The predicted octanol–water partition coefficient (Wildman–Crippen LogP) is 7.77. The molecular weight excluding hydrogens is 978 g/mol. The van der Waals surface area contributed by atoms with Crippen LogP contribution in [0.3, 0.4) is 0 Å². The Hall–Kier alpha value is -7.39. The first-order valence-electron chi connectivity index (χ1n) is 25.0. The molecule has 19 nitrogen and oxygen atoms in total. The molecule has 2 aromatic heterocycles. The van der Waals surface area contributed by atoms with Gasteiger partial charge < -0.3 is 54.7 Å². The minimum absolute atomic E-state index is 0.0844. The van der Waals surface area contributed by atoms with E-state index in [9.17, 15) is 41.9 Å². The van der Waals surface area contributed by atoms with Crippen molar-refractivity contribution in [2.45, 2.75) is 111 Å². The van der Waals surface area contributed by atoms with Crippen molar-refractivity contribution in [3.8, 4) is 28.1 Å². The highest BCUT2D eigenvalue weighted by Gasteiger charge is 2.50. The number of pyridine rings is 1. The van der Waals surface area contributed by atoms with E-state index in [4.69, 9.17) is 9.47 Å². The number of nitrogens with zero attached hydrogens (tertiary/aromatic N) is 6. The van der Waals surface area contributed by atoms with Crippen LogP contribution in [-0.2, 0) is 23.9 Å². The number of halogens is 3. The van der Waals surface area contributed by atoms with E-state index < -0.39 is 53.9 Å². The first kappa shape index (κ1) is 55.4. The Labute approximate surface area is 434 Å². The number of ether oxygens (including phenoxy) is 3. The molecule has 0 spiro atoms. The third-order valence-corrected chi connectivity index (χ3v) is 14.3. The summed E-state index contributed by atoms with van der Waals surface area (Å²) in [7, 11) is 2.46. The lowest BCUT2D eigenvalue weighted by molar-refractivity contribution is -0.274. The SMILES string of the molecule is COC(=O)NC(C(=O)N1CC(C)(C)CC1c1ncc(-c2ccc(-c3ccc(C(=O)Nc4ccc(N5CCN(C(=O)C6(C)CCCN6C(=O)C(NC(=O)OC)C(C)C)CC5C)nc4)cc3OC(F)(F)F)cc2)[nH]1)C(C)C. The number of likely N-dealkylation sites (tertiary alicyclic amines) is 2. The van der Waals surface area contributed by atoms with Gasteiger partial charge in [0.25, 0.3) is 5.91 Å². The van der Waals surface area contributed by atoms with Gasteiger partial charge in [-0.3, -0.25) is 19.2 Å². The maximum absolute atomic E-state index is 14.2. The highest BCUT2D eigenvalue weighted by atomic mass is 19.4. The van der Waals surface area contributed by atoms with Gasteiger partial charge in [-0.15, -0.1) is 13.2 Å². The van der Waals surface area contributed by atoms with E-state index in [1.54, 1.807) is 64.2 Å². The van der Waals surface area contributed by atoms with Crippen LogP contribution in [0.25, 0.3) is 22.4 Å². The Kier molecular flexibility index (Phi) is 16.4. The number of anilines is 2. The zero-order valence-corrected chi connectivity index (χ0v) is 44.0. The average molecular weight is 1050 g/mol. The molecule has 0 aliphatic carbocycles. The fourth-order valence-corrected chi connectivity index (χ4v) is 10.3. The highest BCUT2D eigenvalue weighted by Crippen LogP contribution is 2.43. The molecule has 0 radical (unpaired) electrons. The number of hydrogen-bond acceptors (Lipinski definition) is 12. The number of H-pyrrole nitrogens is 1. The molecule has 3 saturated heterocycles. The maximum Gasteiger partial charge on any atom is 0.573 e. The summed E-state index contributed by atoms with van der Waals surface area (Å²) in [5.74, 6) is -1.41. The Bertz CT molecular complexity index is 2750. The van der Waals surface area contributed by atoms with Crippen molar-refractivity contribution >= 4 is 47.3 Å². The monoisotopic (exact) mass is 1040 g/mol. The van der Waals surface area contributed by atoms with Crippen LogP contribution in [0.15, 0.2) is 67.0 Å². The molecule has 0 bridgehead atoms. The second-order valence-electron chi connectivity index (χ2n) is 21.1. The van der Waals surface area contributed by atoms with Crippen LogP contribution in [-0.4, -0.2) is 142 Å². The molecule has 3 fully saturated rings. The van der Waals surface area contributed by atoms with Gasteiger partial charge in [0.05, 0.1) is 44.0 Å². The molecule has 3 aliphatic rings. The summed E-state index contributed by atoms with van der Waals surface area (Å²) in [4.78, 5) is 99.2. The number of aromatic nitrogens is 3. The molecule has 404 valence electrons. The molecule has 0 saturated carbocycles. The lowest BCUT2D eigenvalue weighted by Crippen LogP contribution is -2.64. The molecule has 5 atom stereocenters. The Morgan fingerprint density at radius 2 is 1.44 bits per heavy atom. The van der Waals surface area contributed by atoms with Crippen LogP contribution in [0.2, 0.25) is 0 Å². The largest absolute Gasteiger partial charge is 0.573 e. The number of alkyl carbamates (subject to hydrolysis) is 2. The number of imidazole rings is 1. The van der Waals surface area contributed by atoms with Gasteiger partial charge in [-0.25, -0.2) is 19.6 Å². The van der Waals surface area contributed by atoms with E-state index in [0.29, 0.717) is 80.4 Å². The zero-order chi connectivity index (χ0) is 54.7. The molecule has 22 heteroatoms. The van der Waals surface area contributed by atoms with E-state index in [1.807, 2.05) is 39.5 Å². The fourth-order valence-electron chi connectivity index (χ4n) is 10.3. The summed E-state index contributed by atoms with van der Waals surface area (Å²) in [5, 5.41) is 7.98. The molecule has 2 aromatic carbocycles. The zero-order valence-electron chi connectivity index (χ0n) is 44.0. The number of carbonyl (C=O) groups excluding carboxylic acids is 6. The molecule has 6 amide bonds. The molecular formula is C53H67F3N10O9. The van der Waals surface area contributed by atoms with Crippen molar-refractivity contribution in [1.82, 2.24) is 40.3 Å². The van der Waals surface area contributed by atoms with Crippen LogP contribution in [0.4, 0.5) is 34.3 Å². The smallest absolute Gasteiger partial charge is 0.453 e. The number of alkyl halides is 3. The number of piperazine rings is 1. The van der Waals surface area contributed by atoms with Crippen LogP contribution in [0.5, 0.6) is 5.75 Å². The van der Waals surface area contributed by atoms with Gasteiger partial charge >= 0.3 is 18.5 Å². The Balaban J connectivity index is 0.999. The third kappa shape index (κ3) is 12.4. The number of nitrogens with one attached hydrogen (secondary N) is 4. The molecule has 3 aliphatic heterocycles. The van der Waals surface area contributed by atoms with Gasteiger partial charge in [-0.2, -0.15) is 0 Å². The van der Waals surface area contributed by atoms with E-state index in [-0.39, 0.29) is 57.8 Å². The van der Waals surface area contributed by atoms with Crippen molar-refractivity contribution in [2.75, 3.05) is 57.2 Å². The van der Waals surface area contributed by atoms with Gasteiger partial charge in [-0.05, 0) is 91.8 Å². The van der Waals surface area contributed by atoms with E-state index in [0.717, 1.165) is 6.07 Å². The van der Waals surface area contributed by atoms with Gasteiger partial charge in [0, 0.05) is 49.9 Å². The second-order valence-corrected chi connectivity index (χ2v) is 21.1. The van der Waals surface area contributed by atoms with Gasteiger partial charge in [0.1, 0.15) is 35.0 Å². The quantitative estimate of drug-likeness (QED) is 0.0952. The molecule has 7 rings (SSSR count). The Morgan fingerprint density at radius 3 is 2.03 bits per heavy atom. The van der Waals surface area contributed by atoms with E-state index in [1.165, 1.54) is 32.5 Å². The van der Waals surface area contributed by atoms with Crippen LogP contribution < -0.4 is 25.6 Å². The first-order chi connectivity index (χ1) is 35.3. The minimum atomic E-state index is -5.07. The number of methoxy groups -OCH3 is 2. The van der Waals surface area contributed by atoms with Gasteiger partial charge in [0.2, 0.25) is 17.7 Å². The number of benzene rings is 2. The number of rotatable bonds is 14. The number of amides is 6. The van der Waals surface area contributed by atoms with E-state index in [2.05, 4.69) is 49.5 Å². The second kappa shape index (κ2) is 22.2. The van der Waals surface area contributed by atoms with Crippen molar-refractivity contribution in [3.05, 3.63) is 78.4 Å². The summed E-state index contributed by atoms with van der Waals surface area (Å²) in [6, 6.07) is 11.5. The molecule has 75 heavy (non-hydrogen) atoms. The third-order valence-electron chi connectivity index (χ3n) is 14.3. The molecule has 5 heterocycles. The van der Waals surface area contributed by atoms with Crippen molar-refractivity contribution in [2.24, 2.45) is 17.3 Å². The summed E-state index contributed by atoms with van der Waals surface area (Å²) in [6.07, 6.45) is -1.73. The standard InChI is InChI=1S/C53H67F3N10O9/c1-30(2)42(61-49(71)73-9)46(68)65-29-51(6,7)25-39(65)44-58-27-38(60-44)34-14-12-33(13-15-34)37-18-16-35(24-40(37)75-53(54,55)56)45(67)59-36-17-19-41(57-26-36)64-23-22-63(28-32(64)5)48(70)52(8)20-11-21-66(52)47(69)43(31(3)4)62-50(72)74-10/h12-19,24,26-27,30-32,39,42-43H,11,20-23,25,28-29H2,1-10H3,(H,58,60)(H,59,67)(H,61,71)(H,62,72). The van der Waals surface area contributed by atoms with Crippen LogP contribution in [0, 0.1) is 17.3 Å². The minimum Gasteiger partial charge on any atom is -0.453 e. The Morgan fingerprint density at radius 1 is 0.800 bits per heavy atom. The lowest BCUT2D eigenvalue weighted by atomic mass is 9.90. The number of carbonyl (C=O) groups is 6. The summed E-state index contributed by atoms with van der Waals surface area (Å²) < 4.78 is 55.6. The van der Waals surface area contributed by atoms with Crippen molar-refractivity contribution in [1.29, 1.82) is 0 Å². The average Bonchev–Trinajstić information content (AvgIpc) is 4.11. The van der Waals surface area contributed by atoms with Crippen molar-refractivity contribution < 1.29 is 56.1 Å². The number of aromatic amines is 1. The van der Waals surface area contributed by atoms with E-state index >= 15 is 0 Å². The first-order valence-corrected chi connectivity index (χ1v) is 25.0. The highest BCUT2D eigenvalue weighted by molar-refractivity contribution is 6.05. The number of hydrogen-bond donors (Lipinski definition) is 4. The van der Waals surface area contributed by atoms with Gasteiger partial charge in [-0.1, -0.05) is 65.8 Å². The molecule has 4 aromatic rings. The van der Waals surface area contributed by atoms with Crippen LogP contribution in [0.1, 0.15) is 96.9 Å². The summed E-state index contributed by atoms with van der Waals surface area (Å²) >= 11 is 0. The van der Waals surface area contributed by atoms with Crippen LogP contribution >= 0.6 is 0 Å². The lowest BCUT2D eigenvalue weighted by Gasteiger charge is -2.45.